The summed E-state index contributed by atoms with van der Waals surface area (Å²) in [5, 5.41) is 8.82. The molecule has 0 aromatic rings. The van der Waals surface area contributed by atoms with E-state index in [-0.39, 0.29) is 0 Å². The molecule has 4 unspecified atom stereocenters. The Labute approximate surface area is 172 Å². The van der Waals surface area contributed by atoms with Crippen molar-refractivity contribution in [2.75, 3.05) is 6.61 Å². The van der Waals surface area contributed by atoms with E-state index in [9.17, 15) is 4.79 Å². The lowest BCUT2D eigenvalue weighted by atomic mass is 9.60. The molecule has 148 valence electrons. The molecule has 3 aliphatic carbocycles. The Morgan fingerprint density at radius 3 is 2.77 bits per heavy atom. The number of hydrogen-bond acceptors (Lipinski definition) is 2. The van der Waals surface area contributed by atoms with Crippen molar-refractivity contribution in [1.29, 1.82) is 0 Å². The van der Waals surface area contributed by atoms with Gasteiger partial charge in [-0.1, -0.05) is 42.4 Å². The summed E-state index contributed by atoms with van der Waals surface area (Å²) >= 11 is 2.70. The van der Waals surface area contributed by atoms with Gasteiger partial charge in [0.2, 0.25) is 0 Å². The molecule has 4 heteroatoms. The minimum absolute atomic E-state index is 0.300. The largest absolute Gasteiger partial charge is 0.498 e. The van der Waals surface area contributed by atoms with Crippen LogP contribution in [0.1, 0.15) is 90.4 Å². The molecule has 1 spiro atoms. The van der Waals surface area contributed by atoms with Crippen LogP contribution in [0.4, 0.5) is 0 Å². The van der Waals surface area contributed by atoms with Gasteiger partial charge in [0.25, 0.3) is 0 Å². The third-order valence-electron chi connectivity index (χ3n) is 6.94. The molecule has 3 rings (SSSR count). The van der Waals surface area contributed by atoms with Gasteiger partial charge in [0.1, 0.15) is 0 Å². The van der Waals surface area contributed by atoms with Crippen LogP contribution in [0.15, 0.2) is 11.8 Å². The number of hydrogen-bond donors (Lipinski definition) is 1. The Bertz CT molecular complexity index is 523. The number of ether oxygens (including phenoxy) is 1. The first-order chi connectivity index (χ1) is 12.4. The maximum absolute atomic E-state index is 10.7. The van der Waals surface area contributed by atoms with E-state index in [1.54, 1.807) is 0 Å². The van der Waals surface area contributed by atoms with Crippen molar-refractivity contribution in [1.82, 2.24) is 0 Å². The van der Waals surface area contributed by atoms with Gasteiger partial charge in [0.05, 0.1) is 12.4 Å². The van der Waals surface area contributed by atoms with Crippen molar-refractivity contribution in [3.8, 4) is 0 Å². The van der Waals surface area contributed by atoms with Crippen molar-refractivity contribution < 1.29 is 14.6 Å². The number of alkyl halides is 1. The molecule has 0 bridgehead atoms. The van der Waals surface area contributed by atoms with E-state index in [2.05, 4.69) is 35.6 Å². The molecular weight excluding hydrogens is 439 g/mol. The first-order valence-electron chi connectivity index (χ1n) is 10.6. The van der Waals surface area contributed by atoms with Gasteiger partial charge in [-0.2, -0.15) is 0 Å². The monoisotopic (exact) mass is 474 g/mol. The topological polar surface area (TPSA) is 46.5 Å². The van der Waals surface area contributed by atoms with Crippen molar-refractivity contribution in [3.63, 3.8) is 0 Å². The SMILES string of the molecule is CC1(I)CCCC2(CCCC(COC3=CCC(CCC(=O)O)CC3)C2)C1. The summed E-state index contributed by atoms with van der Waals surface area (Å²) in [5.41, 5.74) is 0.587. The Balaban J connectivity index is 1.44. The van der Waals surface area contributed by atoms with Crippen molar-refractivity contribution in [3.05, 3.63) is 11.8 Å². The summed E-state index contributed by atoms with van der Waals surface area (Å²) in [5.74, 6) is 1.74. The highest BCUT2D eigenvalue weighted by molar-refractivity contribution is 14.1. The predicted molar refractivity (Wildman–Crippen MR) is 114 cm³/mol. The lowest BCUT2D eigenvalue weighted by Gasteiger charge is -2.48. The molecule has 0 aliphatic heterocycles. The Hall–Kier alpha value is -0.260. The van der Waals surface area contributed by atoms with Crippen LogP contribution in [0.25, 0.3) is 0 Å². The maximum atomic E-state index is 10.7. The summed E-state index contributed by atoms with van der Waals surface area (Å²) in [4.78, 5) is 10.7. The third-order valence-corrected chi connectivity index (χ3v) is 7.86. The molecule has 0 heterocycles. The first kappa shape index (κ1) is 20.5. The lowest BCUT2D eigenvalue weighted by Crippen LogP contribution is -2.39. The third kappa shape index (κ3) is 5.87. The Kier molecular flexibility index (Phi) is 6.95. The molecule has 0 aromatic carbocycles. The fourth-order valence-electron chi connectivity index (χ4n) is 5.71. The van der Waals surface area contributed by atoms with Gasteiger partial charge < -0.3 is 9.84 Å². The minimum atomic E-state index is -0.674. The molecule has 0 aromatic heterocycles. The van der Waals surface area contributed by atoms with Gasteiger partial charge >= 0.3 is 5.97 Å². The summed E-state index contributed by atoms with van der Waals surface area (Å²) in [6.45, 7) is 3.34. The van der Waals surface area contributed by atoms with E-state index in [0.717, 1.165) is 38.2 Å². The van der Waals surface area contributed by atoms with Gasteiger partial charge in [-0.3, -0.25) is 4.79 Å². The van der Waals surface area contributed by atoms with Gasteiger partial charge in [0, 0.05) is 16.3 Å². The summed E-state index contributed by atoms with van der Waals surface area (Å²) in [6, 6.07) is 0. The quantitative estimate of drug-likeness (QED) is 0.353. The second-order valence-electron chi connectivity index (χ2n) is 9.46. The predicted octanol–water partition coefficient (Wildman–Crippen LogP) is 6.50. The van der Waals surface area contributed by atoms with Gasteiger partial charge in [-0.05, 0) is 81.1 Å². The van der Waals surface area contributed by atoms with E-state index < -0.39 is 5.97 Å². The molecule has 2 fully saturated rings. The van der Waals surface area contributed by atoms with Crippen LogP contribution in [0.5, 0.6) is 0 Å². The molecule has 0 saturated heterocycles. The summed E-state index contributed by atoms with van der Waals surface area (Å²) in [7, 11) is 0. The number of allylic oxidation sites excluding steroid dienone is 2. The zero-order chi connectivity index (χ0) is 18.6. The smallest absolute Gasteiger partial charge is 0.303 e. The average Bonchev–Trinajstić information content (AvgIpc) is 2.58. The Morgan fingerprint density at radius 2 is 2.08 bits per heavy atom. The van der Waals surface area contributed by atoms with E-state index >= 15 is 0 Å². The van der Waals surface area contributed by atoms with Crippen molar-refractivity contribution >= 4 is 28.6 Å². The van der Waals surface area contributed by atoms with Crippen molar-refractivity contribution in [2.24, 2.45) is 17.3 Å². The van der Waals surface area contributed by atoms with E-state index in [1.807, 2.05) is 0 Å². The molecular formula is C22H35IO3. The molecule has 4 atom stereocenters. The van der Waals surface area contributed by atoms with E-state index in [4.69, 9.17) is 9.84 Å². The second-order valence-corrected chi connectivity index (χ2v) is 12.1. The summed E-state index contributed by atoms with van der Waals surface area (Å²) < 4.78 is 6.72. The zero-order valence-corrected chi connectivity index (χ0v) is 18.4. The second kappa shape index (κ2) is 8.83. The fraction of sp³-hybridized carbons (Fsp3) is 0.864. The zero-order valence-electron chi connectivity index (χ0n) is 16.3. The first-order valence-corrected chi connectivity index (χ1v) is 11.7. The normalized spacial score (nSPS) is 38.0. The molecule has 0 amide bonds. The highest BCUT2D eigenvalue weighted by Gasteiger charge is 2.43. The maximum Gasteiger partial charge on any atom is 0.303 e. The fourth-order valence-corrected chi connectivity index (χ4v) is 6.90. The van der Waals surface area contributed by atoms with E-state index in [1.165, 1.54) is 57.1 Å². The van der Waals surface area contributed by atoms with Crippen LogP contribution in [0, 0.1) is 17.3 Å². The molecule has 26 heavy (non-hydrogen) atoms. The lowest BCUT2D eigenvalue weighted by molar-refractivity contribution is -0.137. The minimum Gasteiger partial charge on any atom is -0.498 e. The van der Waals surface area contributed by atoms with Crippen LogP contribution >= 0.6 is 22.6 Å². The molecule has 0 radical (unpaired) electrons. The number of halogens is 1. The molecule has 3 nitrogen and oxygen atoms in total. The molecule has 1 N–H and O–H groups in total. The van der Waals surface area contributed by atoms with Crippen LogP contribution in [0.2, 0.25) is 0 Å². The number of carboxylic acid groups (broad SMARTS) is 1. The Morgan fingerprint density at radius 1 is 1.27 bits per heavy atom. The van der Waals surface area contributed by atoms with Crippen LogP contribution in [-0.4, -0.2) is 21.1 Å². The number of carboxylic acids is 1. The number of rotatable bonds is 6. The van der Waals surface area contributed by atoms with E-state index in [0.29, 0.717) is 21.2 Å². The summed E-state index contributed by atoms with van der Waals surface area (Å²) in [6.07, 6.45) is 17.5. The molecule has 2 saturated carbocycles. The highest BCUT2D eigenvalue weighted by Crippen LogP contribution is 2.54. The highest BCUT2D eigenvalue weighted by atomic mass is 127. The standard InChI is InChI=1S/C22H35IO3/c1-21(23)11-3-13-22(16-21)12-2-4-18(14-22)15-26-19-8-5-17(6-9-19)7-10-20(24)25/h8,17-18H,2-7,9-16H2,1H3,(H,24,25). The van der Waals surface area contributed by atoms with Crippen molar-refractivity contribution in [2.45, 2.75) is 93.8 Å². The number of carbonyl (C=O) groups is 1. The molecule has 3 aliphatic rings. The average molecular weight is 474 g/mol. The van der Waals surface area contributed by atoms with Crippen LogP contribution in [0.3, 0.4) is 0 Å². The number of aliphatic carboxylic acids is 1. The van der Waals surface area contributed by atoms with Crippen LogP contribution in [-0.2, 0) is 9.53 Å². The van der Waals surface area contributed by atoms with Crippen LogP contribution < -0.4 is 0 Å². The van der Waals surface area contributed by atoms with Gasteiger partial charge in [-0.15, -0.1) is 0 Å². The van der Waals surface area contributed by atoms with Gasteiger partial charge in [0.15, 0.2) is 0 Å². The van der Waals surface area contributed by atoms with Gasteiger partial charge in [-0.25, -0.2) is 0 Å².